The fourth-order valence-corrected chi connectivity index (χ4v) is 14.7. The van der Waals surface area contributed by atoms with Crippen LogP contribution < -0.4 is 0 Å². The van der Waals surface area contributed by atoms with Gasteiger partial charge in [0.2, 0.25) is 0 Å². The van der Waals surface area contributed by atoms with Crippen molar-refractivity contribution in [2.24, 2.45) is 0 Å². The highest BCUT2D eigenvalue weighted by Gasteiger charge is 2.09. The molecule has 0 N–H and O–H groups in total. The molecular formula is C124H144. The molecule has 0 fully saturated rings. The van der Waals surface area contributed by atoms with E-state index < -0.39 is 0 Å². The Balaban J connectivity index is 0.000000292. The molecule has 0 spiro atoms. The summed E-state index contributed by atoms with van der Waals surface area (Å²) in [6, 6.07) is 142. The van der Waals surface area contributed by atoms with Crippen molar-refractivity contribution in [3.63, 3.8) is 0 Å². The average molecular weight is 1630 g/mol. The number of fused-ring (bicyclic) bond motifs is 16. The van der Waals surface area contributed by atoms with Gasteiger partial charge < -0.3 is 0 Å². The van der Waals surface area contributed by atoms with Crippen LogP contribution >= 0.6 is 0 Å². The van der Waals surface area contributed by atoms with Gasteiger partial charge in [0, 0.05) is 0 Å². The Morgan fingerprint density at radius 2 is 0.185 bits per heavy atom. The zero-order valence-electron chi connectivity index (χ0n) is 80.1. The largest absolute Gasteiger partial charge is 0.0683 e. The molecule has 0 nitrogen and oxygen atoms in total. The van der Waals surface area contributed by atoms with Crippen LogP contribution in [0.25, 0.3) is 151 Å². The van der Waals surface area contributed by atoms with E-state index in [2.05, 4.69) is 428 Å². The standard InChI is InChI=1S/C16H14.2C15H12.4C14H10.11C2H6/c1-11-13-7-3-5-9-15(13)12(2)16-10-6-4-8-14(11)16;2*1-11-14-8-4-2-6-12(14)10-13-7-3-5-9-15(11)13;2*1-3-7-13-11(5-1)9-10-12-6-2-4-8-14(12)13;2*1-2-6-12-10-14-8-4-3-7-13(14)9-11(12)5-1;11*1-2/h3-10H,1-2H3;2*2-10H,1H3;4*1-10H;11*1-2H3. The van der Waals surface area contributed by atoms with E-state index in [1.165, 1.54) is 173 Å². The van der Waals surface area contributed by atoms with Crippen LogP contribution in [0, 0.1) is 27.7 Å². The van der Waals surface area contributed by atoms with Crippen LogP contribution in [0.4, 0.5) is 0 Å². The van der Waals surface area contributed by atoms with E-state index >= 15 is 0 Å². The van der Waals surface area contributed by atoms with Crippen molar-refractivity contribution in [3.05, 3.63) is 423 Å². The molecule has 0 aliphatic heterocycles. The zero-order valence-corrected chi connectivity index (χ0v) is 80.1. The van der Waals surface area contributed by atoms with Crippen molar-refractivity contribution >= 4 is 151 Å². The quantitative estimate of drug-likeness (QED) is 0.105. The number of rotatable bonds is 0. The van der Waals surface area contributed by atoms with Crippen LogP contribution in [0.5, 0.6) is 0 Å². The summed E-state index contributed by atoms with van der Waals surface area (Å²) in [5.41, 5.74) is 5.53. The van der Waals surface area contributed by atoms with E-state index in [-0.39, 0.29) is 0 Å². The van der Waals surface area contributed by atoms with Crippen molar-refractivity contribution in [3.8, 4) is 0 Å². The second-order valence-corrected chi connectivity index (χ2v) is 26.3. The summed E-state index contributed by atoms with van der Waals surface area (Å²) in [4.78, 5) is 0. The van der Waals surface area contributed by atoms with Crippen molar-refractivity contribution < 1.29 is 0 Å². The normalized spacial score (nSPS) is 9.53. The molecule has 0 saturated carbocycles. The number of benzene rings is 21. The maximum atomic E-state index is 2.26. The van der Waals surface area contributed by atoms with Crippen LogP contribution in [-0.2, 0) is 0 Å². The Morgan fingerprint density at radius 1 is 0.0887 bits per heavy atom. The Bertz CT molecular complexity index is 5660. The first-order valence-electron chi connectivity index (χ1n) is 46.4. The summed E-state index contributed by atoms with van der Waals surface area (Å²) < 4.78 is 0. The predicted octanol–water partition coefficient (Wildman–Crippen LogP) is 40.5. The monoisotopic (exact) mass is 1630 g/mol. The summed E-state index contributed by atoms with van der Waals surface area (Å²) in [7, 11) is 0. The minimum atomic E-state index is 1.31. The van der Waals surface area contributed by atoms with E-state index in [4.69, 9.17) is 0 Å². The van der Waals surface area contributed by atoms with Crippen LogP contribution in [0.3, 0.4) is 0 Å². The number of hydrogen-bond acceptors (Lipinski definition) is 0. The van der Waals surface area contributed by atoms with Crippen LogP contribution in [0.15, 0.2) is 400 Å². The van der Waals surface area contributed by atoms with Crippen molar-refractivity contribution in [2.45, 2.75) is 180 Å². The van der Waals surface area contributed by atoms with Gasteiger partial charge in [0.15, 0.2) is 0 Å². The first-order valence-corrected chi connectivity index (χ1v) is 46.4. The Hall–Kier alpha value is -12.7. The first kappa shape index (κ1) is 104. The summed E-state index contributed by atoms with van der Waals surface area (Å²) >= 11 is 0. The van der Waals surface area contributed by atoms with Crippen molar-refractivity contribution in [1.82, 2.24) is 0 Å². The minimum Gasteiger partial charge on any atom is -0.0683 e. The lowest BCUT2D eigenvalue weighted by Gasteiger charge is -2.11. The maximum Gasteiger partial charge on any atom is -0.0105 e. The van der Waals surface area contributed by atoms with Gasteiger partial charge in [0.1, 0.15) is 0 Å². The second-order valence-electron chi connectivity index (χ2n) is 26.3. The molecule has 0 heterocycles. The summed E-state index contributed by atoms with van der Waals surface area (Å²) in [6.45, 7) is 52.8. The smallest absolute Gasteiger partial charge is 0.0105 e. The van der Waals surface area contributed by atoms with Gasteiger partial charge in [-0.25, -0.2) is 0 Å². The third kappa shape index (κ3) is 27.6. The average Bonchev–Trinajstić information content (AvgIpc) is 0.714. The van der Waals surface area contributed by atoms with Gasteiger partial charge in [-0.2, -0.15) is 0 Å². The summed E-state index contributed by atoms with van der Waals surface area (Å²) in [6.07, 6.45) is 0. The van der Waals surface area contributed by atoms with Gasteiger partial charge in [-0.15, -0.1) is 0 Å². The molecule has 21 rings (SSSR count). The first-order chi connectivity index (χ1) is 61.3. The molecule has 21 aromatic rings. The minimum absolute atomic E-state index is 1.31. The van der Waals surface area contributed by atoms with E-state index in [9.17, 15) is 0 Å². The number of aryl methyl sites for hydroxylation is 4. The Morgan fingerprint density at radius 3 is 0.339 bits per heavy atom. The highest BCUT2D eigenvalue weighted by Crippen LogP contribution is 2.34. The van der Waals surface area contributed by atoms with E-state index in [0.29, 0.717) is 0 Å². The van der Waals surface area contributed by atoms with Gasteiger partial charge >= 0.3 is 0 Å². The second kappa shape index (κ2) is 59.1. The zero-order chi connectivity index (χ0) is 91.1. The van der Waals surface area contributed by atoms with Crippen LogP contribution in [0.2, 0.25) is 0 Å². The summed E-state index contributed by atoms with van der Waals surface area (Å²) in [5, 5.41) is 37.3. The molecule has 640 valence electrons. The van der Waals surface area contributed by atoms with Crippen molar-refractivity contribution in [1.29, 1.82) is 0 Å². The molecule has 0 unspecified atom stereocenters. The molecule has 0 radical (unpaired) electrons. The van der Waals surface area contributed by atoms with Gasteiger partial charge in [-0.1, -0.05) is 516 Å². The molecule has 21 aromatic carbocycles. The fourth-order valence-electron chi connectivity index (χ4n) is 14.7. The lowest BCUT2D eigenvalue weighted by atomic mass is 9.93. The molecule has 0 atom stereocenters. The maximum absolute atomic E-state index is 2.26. The van der Waals surface area contributed by atoms with E-state index in [1.54, 1.807) is 0 Å². The SMILES string of the molecule is CC.CC.CC.CC.CC.CC.CC.CC.CC.CC.CC.Cc1c2ccccc2c(C)c2ccccc12.Cc1c2ccccc2cc2ccccc12.Cc1c2ccccc2cc2ccccc12.c1ccc2c(c1)ccc1ccccc12.c1ccc2c(c1)ccc1ccccc12.c1ccc2cc3ccccc3cc2c1.c1ccc2cc3ccccc3cc2c1. The molecule has 0 aliphatic rings. The lowest BCUT2D eigenvalue weighted by molar-refractivity contribution is 1.50. The third-order valence-electron chi connectivity index (χ3n) is 20.1. The van der Waals surface area contributed by atoms with Crippen molar-refractivity contribution in [2.75, 3.05) is 0 Å². The van der Waals surface area contributed by atoms with Crippen LogP contribution in [0.1, 0.15) is 175 Å². The highest BCUT2D eigenvalue weighted by atomic mass is 14.1. The van der Waals surface area contributed by atoms with Gasteiger partial charge in [-0.05, 0) is 237 Å². The van der Waals surface area contributed by atoms with E-state index in [1.807, 2.05) is 152 Å². The predicted molar refractivity (Wildman–Crippen MR) is 574 cm³/mol. The Kier molecular flexibility index (Phi) is 49.4. The Labute approximate surface area is 748 Å². The molecule has 0 aliphatic carbocycles. The van der Waals surface area contributed by atoms with Crippen LogP contribution in [-0.4, -0.2) is 0 Å². The molecule has 0 heteroatoms. The summed E-state index contributed by atoms with van der Waals surface area (Å²) in [5.74, 6) is 0. The fraction of sp³-hybridized carbons (Fsp3) is 0.210. The molecular weight excluding hydrogens is 1490 g/mol. The molecule has 0 bridgehead atoms. The number of hydrogen-bond donors (Lipinski definition) is 0. The van der Waals surface area contributed by atoms with Gasteiger partial charge in [-0.3, -0.25) is 0 Å². The molecule has 124 heavy (non-hydrogen) atoms. The molecule has 0 saturated heterocycles. The van der Waals surface area contributed by atoms with E-state index in [0.717, 1.165) is 0 Å². The van der Waals surface area contributed by atoms with Gasteiger partial charge in [0.05, 0.1) is 0 Å². The topological polar surface area (TPSA) is 0 Å². The third-order valence-corrected chi connectivity index (χ3v) is 20.1. The van der Waals surface area contributed by atoms with Gasteiger partial charge in [0.25, 0.3) is 0 Å². The molecule has 0 aromatic heterocycles. The molecule has 0 amide bonds. The highest BCUT2D eigenvalue weighted by molar-refractivity contribution is 6.10. The lowest BCUT2D eigenvalue weighted by Crippen LogP contribution is -1.87.